The van der Waals surface area contributed by atoms with Gasteiger partial charge in [-0.3, -0.25) is 28.8 Å². The van der Waals surface area contributed by atoms with Crippen LogP contribution in [0.15, 0.2) is 30.3 Å². The lowest BCUT2D eigenvalue weighted by atomic mass is 10.1. The van der Waals surface area contributed by atoms with E-state index in [1.807, 2.05) is 18.2 Å². The van der Waals surface area contributed by atoms with Crippen LogP contribution in [0.4, 0.5) is 4.79 Å². The molecule has 1 rings (SSSR count). The summed E-state index contributed by atoms with van der Waals surface area (Å²) in [5.41, 5.74) is 0.793. The van der Waals surface area contributed by atoms with Crippen LogP contribution in [0.1, 0.15) is 108 Å². The van der Waals surface area contributed by atoms with Crippen molar-refractivity contribution in [1.29, 1.82) is 0 Å². The number of unbranched alkanes of at least 4 members (excludes halogenated alkanes) is 7. The zero-order valence-electron chi connectivity index (χ0n) is 36.3. The quantitative estimate of drug-likeness (QED) is 0.0466. The molecule has 7 N–H and O–H groups in total. The number of carboxylic acid groups (broad SMARTS) is 2. The number of rotatable bonds is 41. The number of carbonyl (C=O) groups is 7. The van der Waals surface area contributed by atoms with Gasteiger partial charge in [0.25, 0.3) is 0 Å². The van der Waals surface area contributed by atoms with Crippen LogP contribution in [-0.2, 0) is 59.1 Å². The smallest absolute Gasteiger partial charge is 0.408 e. The largest absolute Gasteiger partial charge is 0.481 e. The monoisotopic (exact) mass is 881 g/mol. The van der Waals surface area contributed by atoms with Gasteiger partial charge in [-0.15, -0.1) is 0 Å². The van der Waals surface area contributed by atoms with Crippen LogP contribution in [0.2, 0.25) is 0 Å². The summed E-state index contributed by atoms with van der Waals surface area (Å²) in [6, 6.07) is 8.20. The second-order valence-corrected chi connectivity index (χ2v) is 14.4. The minimum Gasteiger partial charge on any atom is -0.481 e. The summed E-state index contributed by atoms with van der Waals surface area (Å²) >= 11 is 0. The Morgan fingerprint density at radius 3 is 1.50 bits per heavy atom. The summed E-state index contributed by atoms with van der Waals surface area (Å²) in [6.45, 7) is 3.71. The van der Waals surface area contributed by atoms with Gasteiger partial charge >= 0.3 is 18.0 Å². The van der Waals surface area contributed by atoms with Crippen molar-refractivity contribution in [3.8, 4) is 0 Å². The molecule has 19 nitrogen and oxygen atoms in total. The molecule has 19 heteroatoms. The molecule has 1 aromatic rings. The molecule has 1 unspecified atom stereocenters. The second-order valence-electron chi connectivity index (χ2n) is 14.4. The number of carbonyl (C=O) groups excluding carboxylic acids is 5. The minimum atomic E-state index is -0.965. The predicted octanol–water partition coefficient (Wildman–Crippen LogP) is 3.22. The molecule has 1 aromatic carbocycles. The average molecular weight is 882 g/mol. The Morgan fingerprint density at radius 1 is 0.468 bits per heavy atom. The van der Waals surface area contributed by atoms with Crippen LogP contribution >= 0.6 is 0 Å². The Balaban J connectivity index is 1.97. The predicted molar refractivity (Wildman–Crippen MR) is 228 cm³/mol. The first kappa shape index (κ1) is 55.2. The van der Waals surface area contributed by atoms with E-state index in [2.05, 4.69) is 26.6 Å². The molecule has 0 fully saturated rings. The number of hydrogen-bond acceptors (Lipinski definition) is 12. The SMILES string of the molecule is O=C(O)CCCCCCCCCC(=O)NCCOCCOCCC(=O)NCCOCCOCCC(=O)NCCCCC(NC(=O)OCc1ccccc1)C(=O)NCCCC(=O)O. The van der Waals surface area contributed by atoms with E-state index < -0.39 is 30.0 Å². The summed E-state index contributed by atoms with van der Waals surface area (Å²) in [4.78, 5) is 82.5. The van der Waals surface area contributed by atoms with Crippen LogP contribution in [0.5, 0.6) is 0 Å². The number of amides is 5. The molecule has 0 bridgehead atoms. The van der Waals surface area contributed by atoms with Crippen molar-refractivity contribution < 1.29 is 67.5 Å². The number of ether oxygens (including phenoxy) is 5. The zero-order valence-corrected chi connectivity index (χ0v) is 36.3. The molecule has 1 atom stereocenters. The number of alkyl carbamates (subject to hydrolysis) is 1. The molecule has 0 aliphatic heterocycles. The van der Waals surface area contributed by atoms with Crippen molar-refractivity contribution in [2.75, 3.05) is 79.0 Å². The van der Waals surface area contributed by atoms with Crippen molar-refractivity contribution >= 4 is 41.7 Å². The summed E-state index contributed by atoms with van der Waals surface area (Å²) in [5.74, 6) is -2.52. The molecule has 352 valence electrons. The minimum absolute atomic E-state index is 0.00113. The standard InChI is InChI=1S/C43H71N5O14/c49-37(17-9-4-2-1-3-5-10-18-40(52)53)45-24-28-60-32-31-59-27-21-39(51)46-25-29-61-33-30-58-26-20-38(50)44-22-12-11-16-36(42(56)47-23-13-19-41(54)55)48-43(57)62-34-35-14-7-6-8-15-35/h6-8,14-15,36H,1-5,9-13,16-34H2,(H,44,50)(H,45,49)(H,46,51)(H,47,56)(H,48,57)(H,52,53)(H,54,55). The fourth-order valence-electron chi connectivity index (χ4n) is 5.66. The number of nitrogens with one attached hydrogen (secondary N) is 5. The van der Waals surface area contributed by atoms with E-state index in [-0.39, 0.29) is 89.2 Å². The lowest BCUT2D eigenvalue weighted by Crippen LogP contribution is -2.47. The highest BCUT2D eigenvalue weighted by molar-refractivity contribution is 5.85. The Labute approximate surface area is 365 Å². The maximum absolute atomic E-state index is 12.7. The molecule has 0 aliphatic rings. The first-order chi connectivity index (χ1) is 30.1. The van der Waals surface area contributed by atoms with Crippen LogP contribution in [0.3, 0.4) is 0 Å². The number of aliphatic carboxylic acids is 2. The number of hydrogen-bond donors (Lipinski definition) is 7. The van der Waals surface area contributed by atoms with Crippen LogP contribution in [-0.4, -0.2) is 137 Å². The van der Waals surface area contributed by atoms with E-state index in [0.717, 1.165) is 50.5 Å². The molecule has 0 aliphatic carbocycles. The van der Waals surface area contributed by atoms with Crippen molar-refractivity contribution in [3.05, 3.63) is 35.9 Å². The highest BCUT2D eigenvalue weighted by Gasteiger charge is 2.21. The van der Waals surface area contributed by atoms with Crippen molar-refractivity contribution in [2.24, 2.45) is 0 Å². The van der Waals surface area contributed by atoms with E-state index in [1.54, 1.807) is 12.1 Å². The second kappa shape index (κ2) is 39.0. The summed E-state index contributed by atoms with van der Waals surface area (Å²) in [7, 11) is 0. The highest BCUT2D eigenvalue weighted by Crippen LogP contribution is 2.10. The Kier molecular flexibility index (Phi) is 34.7. The molecule has 5 amide bonds. The van der Waals surface area contributed by atoms with E-state index in [4.69, 9.17) is 33.9 Å². The molecule has 0 heterocycles. The average Bonchev–Trinajstić information content (AvgIpc) is 3.24. The summed E-state index contributed by atoms with van der Waals surface area (Å²) in [5, 5.41) is 31.1. The van der Waals surface area contributed by atoms with Crippen molar-refractivity contribution in [1.82, 2.24) is 26.6 Å². The summed E-state index contributed by atoms with van der Waals surface area (Å²) in [6.07, 6.45) is 8.42. The molecular formula is C43H71N5O14. The van der Waals surface area contributed by atoms with Gasteiger partial charge in [-0.1, -0.05) is 62.4 Å². The van der Waals surface area contributed by atoms with Crippen molar-refractivity contribution in [3.63, 3.8) is 0 Å². The third-order valence-electron chi connectivity index (χ3n) is 9.05. The van der Waals surface area contributed by atoms with Gasteiger partial charge in [-0.25, -0.2) is 4.79 Å². The maximum Gasteiger partial charge on any atom is 0.408 e. The van der Waals surface area contributed by atoms with Gasteiger partial charge in [0.15, 0.2) is 0 Å². The van der Waals surface area contributed by atoms with Crippen LogP contribution in [0.25, 0.3) is 0 Å². The van der Waals surface area contributed by atoms with E-state index in [0.29, 0.717) is 71.9 Å². The van der Waals surface area contributed by atoms with Crippen LogP contribution < -0.4 is 26.6 Å². The van der Waals surface area contributed by atoms with Gasteiger partial charge in [0.2, 0.25) is 23.6 Å². The topological polar surface area (TPSA) is 266 Å². The van der Waals surface area contributed by atoms with Gasteiger partial charge in [0.05, 0.1) is 52.9 Å². The van der Waals surface area contributed by atoms with Crippen LogP contribution in [0, 0.1) is 0 Å². The molecule has 62 heavy (non-hydrogen) atoms. The number of benzene rings is 1. The van der Waals surface area contributed by atoms with Crippen molar-refractivity contribution in [2.45, 2.75) is 115 Å². The molecular weight excluding hydrogens is 810 g/mol. The molecule has 0 radical (unpaired) electrons. The summed E-state index contributed by atoms with van der Waals surface area (Å²) < 4.78 is 27.0. The fourth-order valence-corrected chi connectivity index (χ4v) is 5.66. The maximum atomic E-state index is 12.7. The molecule has 0 spiro atoms. The van der Waals surface area contributed by atoms with E-state index in [9.17, 15) is 33.6 Å². The van der Waals surface area contributed by atoms with Gasteiger partial charge in [-0.05, 0) is 44.1 Å². The number of carboxylic acids is 2. The fraction of sp³-hybridized carbons (Fsp3) is 0.698. The first-order valence-electron chi connectivity index (χ1n) is 21.9. The molecule has 0 saturated heterocycles. The Morgan fingerprint density at radius 2 is 0.935 bits per heavy atom. The van der Waals surface area contributed by atoms with Gasteiger partial charge in [0, 0.05) is 58.3 Å². The molecule has 0 aromatic heterocycles. The zero-order chi connectivity index (χ0) is 45.3. The van der Waals surface area contributed by atoms with Gasteiger partial charge in [0.1, 0.15) is 12.6 Å². The van der Waals surface area contributed by atoms with Gasteiger partial charge in [-0.2, -0.15) is 0 Å². The van der Waals surface area contributed by atoms with E-state index in [1.165, 1.54) is 0 Å². The highest BCUT2D eigenvalue weighted by atomic mass is 16.5. The third kappa shape index (κ3) is 35.9. The normalized spacial score (nSPS) is 11.3. The lowest BCUT2D eigenvalue weighted by molar-refractivity contribution is -0.138. The third-order valence-corrected chi connectivity index (χ3v) is 9.05. The Hall–Kier alpha value is -4.85. The first-order valence-corrected chi connectivity index (χ1v) is 21.9. The molecule has 0 saturated carbocycles. The lowest BCUT2D eigenvalue weighted by Gasteiger charge is -2.18. The van der Waals surface area contributed by atoms with Gasteiger partial charge < -0.3 is 60.5 Å². The van der Waals surface area contributed by atoms with E-state index >= 15 is 0 Å². The Bertz CT molecular complexity index is 1390.